The Bertz CT molecular complexity index is 483. The van der Waals surface area contributed by atoms with E-state index in [0.717, 1.165) is 0 Å². The Labute approximate surface area is 105 Å². The van der Waals surface area contributed by atoms with Crippen molar-refractivity contribution in [2.24, 2.45) is 5.73 Å². The molecule has 0 spiro atoms. The number of amides is 1. The van der Waals surface area contributed by atoms with Gasteiger partial charge in [0.2, 0.25) is 5.91 Å². The first-order chi connectivity index (χ1) is 8.21. The Morgan fingerprint density at radius 2 is 2.00 bits per heavy atom. The minimum absolute atomic E-state index is 0.0230. The highest BCUT2D eigenvalue weighted by Crippen LogP contribution is 2.22. The van der Waals surface area contributed by atoms with Crippen molar-refractivity contribution in [2.75, 3.05) is 11.1 Å². The second kappa shape index (κ2) is 4.95. The van der Waals surface area contributed by atoms with Crippen LogP contribution >= 0.6 is 0 Å². The largest absolute Gasteiger partial charge is 0.478 e. The van der Waals surface area contributed by atoms with Crippen molar-refractivity contribution in [3.63, 3.8) is 0 Å². The summed E-state index contributed by atoms with van der Waals surface area (Å²) in [6.07, 6.45) is 0.139. The Hall–Kier alpha value is -2.24. The van der Waals surface area contributed by atoms with E-state index in [1.807, 2.05) is 0 Å². The Kier molecular flexibility index (Phi) is 3.80. The van der Waals surface area contributed by atoms with Crippen LogP contribution in [0.4, 0.5) is 11.4 Å². The van der Waals surface area contributed by atoms with Crippen LogP contribution in [0.25, 0.3) is 0 Å². The first kappa shape index (κ1) is 13.8. The zero-order valence-corrected chi connectivity index (χ0v) is 10.4. The van der Waals surface area contributed by atoms with Gasteiger partial charge in [-0.15, -0.1) is 0 Å². The molecule has 0 unspecified atom stereocenters. The fourth-order valence-electron chi connectivity index (χ4n) is 1.69. The minimum atomic E-state index is -1.09. The molecule has 0 saturated carbocycles. The average molecular weight is 251 g/mol. The maximum Gasteiger partial charge on any atom is 0.337 e. The van der Waals surface area contributed by atoms with Gasteiger partial charge in [0.15, 0.2) is 0 Å². The second-order valence-electron chi connectivity index (χ2n) is 4.76. The quantitative estimate of drug-likeness (QED) is 0.583. The zero-order chi connectivity index (χ0) is 13.9. The monoisotopic (exact) mass is 251 g/mol. The fourth-order valence-corrected chi connectivity index (χ4v) is 1.69. The third-order valence-corrected chi connectivity index (χ3v) is 2.38. The first-order valence-corrected chi connectivity index (χ1v) is 5.40. The summed E-state index contributed by atoms with van der Waals surface area (Å²) in [6, 6.07) is 4.59. The summed E-state index contributed by atoms with van der Waals surface area (Å²) >= 11 is 0. The maximum atomic E-state index is 10.9. The molecule has 0 heterocycles. The van der Waals surface area contributed by atoms with Crippen LogP contribution in [-0.2, 0) is 4.79 Å². The molecule has 6 nitrogen and oxygen atoms in total. The van der Waals surface area contributed by atoms with Gasteiger partial charge in [0.05, 0.1) is 5.56 Å². The number of benzene rings is 1. The number of carbonyl (C=O) groups excluding carboxylic acids is 1. The standard InChI is InChI=1S/C12H17N3O3/c1-12(2,6-10(14)16)15-7-3-4-9(13)8(5-7)11(17)18/h3-5,15H,6,13H2,1-2H3,(H2,14,16)(H,17,18). The van der Waals surface area contributed by atoms with E-state index in [1.54, 1.807) is 19.9 Å². The molecule has 0 aliphatic carbocycles. The number of carboxylic acids is 1. The van der Waals surface area contributed by atoms with Gasteiger partial charge in [-0.3, -0.25) is 4.79 Å². The molecule has 0 fully saturated rings. The number of hydrogen-bond acceptors (Lipinski definition) is 4. The lowest BCUT2D eigenvalue weighted by molar-refractivity contribution is -0.118. The minimum Gasteiger partial charge on any atom is -0.478 e. The molecule has 1 rings (SSSR count). The molecule has 0 bridgehead atoms. The van der Waals surface area contributed by atoms with Gasteiger partial charge < -0.3 is 21.9 Å². The molecule has 1 amide bonds. The third-order valence-electron chi connectivity index (χ3n) is 2.38. The van der Waals surface area contributed by atoms with Gasteiger partial charge in [-0.05, 0) is 32.0 Å². The second-order valence-corrected chi connectivity index (χ2v) is 4.76. The van der Waals surface area contributed by atoms with E-state index in [0.29, 0.717) is 5.69 Å². The lowest BCUT2D eigenvalue weighted by Gasteiger charge is -2.26. The SMILES string of the molecule is CC(C)(CC(N)=O)Nc1ccc(N)c(C(=O)O)c1. The summed E-state index contributed by atoms with van der Waals surface area (Å²) in [7, 11) is 0. The number of rotatable bonds is 5. The Morgan fingerprint density at radius 1 is 1.39 bits per heavy atom. The van der Waals surface area contributed by atoms with Gasteiger partial charge in [-0.25, -0.2) is 4.79 Å². The lowest BCUT2D eigenvalue weighted by atomic mass is 9.99. The number of hydrogen-bond donors (Lipinski definition) is 4. The molecule has 18 heavy (non-hydrogen) atoms. The van der Waals surface area contributed by atoms with Crippen molar-refractivity contribution in [1.82, 2.24) is 0 Å². The molecular weight excluding hydrogens is 234 g/mol. The van der Waals surface area contributed by atoms with Crippen LogP contribution in [0.1, 0.15) is 30.6 Å². The predicted octanol–water partition coefficient (Wildman–Crippen LogP) is 1.03. The van der Waals surface area contributed by atoms with Gasteiger partial charge in [-0.1, -0.05) is 0 Å². The molecular formula is C12H17N3O3. The van der Waals surface area contributed by atoms with Crippen LogP contribution in [0.15, 0.2) is 18.2 Å². The summed E-state index contributed by atoms with van der Waals surface area (Å²) in [5.41, 5.74) is 10.9. The molecule has 6 N–H and O–H groups in total. The van der Waals surface area contributed by atoms with Crippen LogP contribution < -0.4 is 16.8 Å². The van der Waals surface area contributed by atoms with E-state index < -0.39 is 17.4 Å². The number of nitrogen functional groups attached to an aromatic ring is 1. The molecule has 98 valence electrons. The summed E-state index contributed by atoms with van der Waals surface area (Å²) in [6.45, 7) is 3.60. The van der Waals surface area contributed by atoms with Crippen molar-refractivity contribution in [1.29, 1.82) is 0 Å². The van der Waals surface area contributed by atoms with Crippen LogP contribution in [0.2, 0.25) is 0 Å². The predicted molar refractivity (Wildman–Crippen MR) is 69.3 cm³/mol. The Morgan fingerprint density at radius 3 is 2.50 bits per heavy atom. The van der Waals surface area contributed by atoms with Crippen molar-refractivity contribution in [3.05, 3.63) is 23.8 Å². The molecule has 1 aromatic rings. The van der Waals surface area contributed by atoms with Crippen LogP contribution in [0, 0.1) is 0 Å². The molecule has 0 radical (unpaired) electrons. The van der Waals surface area contributed by atoms with Gasteiger partial charge in [0, 0.05) is 23.3 Å². The van der Waals surface area contributed by atoms with Crippen molar-refractivity contribution >= 4 is 23.3 Å². The average Bonchev–Trinajstić information content (AvgIpc) is 2.18. The lowest BCUT2D eigenvalue weighted by Crippen LogP contribution is -2.36. The van der Waals surface area contributed by atoms with Gasteiger partial charge >= 0.3 is 5.97 Å². The normalized spacial score (nSPS) is 11.0. The smallest absolute Gasteiger partial charge is 0.337 e. The summed E-state index contributed by atoms with van der Waals surface area (Å²) in [4.78, 5) is 21.8. The number of primary amides is 1. The topological polar surface area (TPSA) is 118 Å². The van der Waals surface area contributed by atoms with Gasteiger partial charge in [-0.2, -0.15) is 0 Å². The van der Waals surface area contributed by atoms with E-state index in [-0.39, 0.29) is 17.7 Å². The molecule has 0 aliphatic rings. The molecule has 0 atom stereocenters. The van der Waals surface area contributed by atoms with Crippen molar-refractivity contribution < 1.29 is 14.7 Å². The fraction of sp³-hybridized carbons (Fsp3) is 0.333. The van der Waals surface area contributed by atoms with Crippen LogP contribution in [-0.4, -0.2) is 22.5 Å². The number of nitrogens with two attached hydrogens (primary N) is 2. The van der Waals surface area contributed by atoms with Crippen LogP contribution in [0.5, 0.6) is 0 Å². The maximum absolute atomic E-state index is 10.9. The molecule has 6 heteroatoms. The first-order valence-electron chi connectivity index (χ1n) is 5.40. The van der Waals surface area contributed by atoms with E-state index in [4.69, 9.17) is 16.6 Å². The van der Waals surface area contributed by atoms with Crippen molar-refractivity contribution in [3.8, 4) is 0 Å². The van der Waals surface area contributed by atoms with Crippen molar-refractivity contribution in [2.45, 2.75) is 25.8 Å². The molecule has 1 aromatic carbocycles. The highest BCUT2D eigenvalue weighted by molar-refractivity contribution is 5.94. The Balaban J connectivity index is 2.95. The number of carboxylic acid groups (broad SMARTS) is 1. The summed E-state index contributed by atoms with van der Waals surface area (Å²) in [5.74, 6) is -1.52. The van der Waals surface area contributed by atoms with E-state index in [1.165, 1.54) is 12.1 Å². The van der Waals surface area contributed by atoms with E-state index in [9.17, 15) is 9.59 Å². The number of nitrogens with one attached hydrogen (secondary N) is 1. The molecule has 0 saturated heterocycles. The highest BCUT2D eigenvalue weighted by atomic mass is 16.4. The van der Waals surface area contributed by atoms with Crippen LogP contribution in [0.3, 0.4) is 0 Å². The summed E-state index contributed by atoms with van der Waals surface area (Å²) in [5, 5.41) is 12.0. The molecule has 0 aromatic heterocycles. The number of aromatic carboxylic acids is 1. The van der Waals surface area contributed by atoms with Gasteiger partial charge in [0.1, 0.15) is 0 Å². The van der Waals surface area contributed by atoms with Gasteiger partial charge in [0.25, 0.3) is 0 Å². The van der Waals surface area contributed by atoms with E-state index >= 15 is 0 Å². The zero-order valence-electron chi connectivity index (χ0n) is 10.4. The third kappa shape index (κ3) is 3.65. The number of carbonyl (C=O) groups is 2. The molecule has 0 aliphatic heterocycles. The van der Waals surface area contributed by atoms with E-state index in [2.05, 4.69) is 5.32 Å². The summed E-state index contributed by atoms with van der Waals surface area (Å²) < 4.78 is 0. The highest BCUT2D eigenvalue weighted by Gasteiger charge is 2.21. The number of anilines is 2.